The van der Waals surface area contributed by atoms with E-state index in [1.165, 1.54) is 19.5 Å². The lowest BCUT2D eigenvalue weighted by Gasteiger charge is -2.19. The second-order valence-electron chi connectivity index (χ2n) is 3.92. The average molecular weight is 195 g/mol. The first kappa shape index (κ1) is 9.04. The molecule has 13 heavy (non-hydrogen) atoms. The smallest absolute Gasteiger partial charge is 0.00207 e. The van der Waals surface area contributed by atoms with Gasteiger partial charge in [0.05, 0.1) is 0 Å². The highest BCUT2D eigenvalue weighted by molar-refractivity contribution is 5.40. The van der Waals surface area contributed by atoms with Crippen LogP contribution >= 0.6 is 0 Å². The molecule has 1 heterocycles. The second-order valence-corrected chi connectivity index (χ2v) is 3.92. The normalized spacial score (nSPS) is 29.2. The zero-order valence-corrected chi connectivity index (χ0v) is 8.22. The topological polar surface area (TPSA) is 12.0 Å². The van der Waals surface area contributed by atoms with E-state index >= 15 is 0 Å². The molecule has 3 rings (SSSR count). The molecule has 0 radical (unpaired) electrons. The van der Waals surface area contributed by atoms with Crippen LogP contribution in [0.2, 0.25) is 0 Å². The van der Waals surface area contributed by atoms with Crippen LogP contribution in [0.3, 0.4) is 0 Å². The molecule has 0 spiro atoms. The summed E-state index contributed by atoms with van der Waals surface area (Å²) in [7, 11) is 0. The van der Waals surface area contributed by atoms with Crippen LogP contribution in [0, 0.1) is 0 Å². The van der Waals surface area contributed by atoms with Gasteiger partial charge in [-0.1, -0.05) is 24.3 Å². The number of rotatable bonds is 0. The summed E-state index contributed by atoms with van der Waals surface area (Å²) < 4.78 is 0. The molecule has 2 heteroatoms. The van der Waals surface area contributed by atoms with Gasteiger partial charge in [-0.05, 0) is 29.4 Å². The summed E-state index contributed by atoms with van der Waals surface area (Å²) in [5, 5.41) is 3.49. The molecule has 1 aromatic rings. The monoisotopic (exact) mass is 194 g/mol. The largest absolute Gasteiger partial charge is 1.00 e. The van der Waals surface area contributed by atoms with Crippen molar-refractivity contribution in [2.75, 3.05) is 13.1 Å². The van der Waals surface area contributed by atoms with Gasteiger partial charge in [0.2, 0.25) is 0 Å². The maximum atomic E-state index is 3.49. The maximum Gasteiger partial charge on any atom is 0.00207 e. The van der Waals surface area contributed by atoms with Crippen LogP contribution in [-0.4, -0.2) is 13.1 Å². The Morgan fingerprint density at radius 1 is 1.00 bits per heavy atom. The number of hydrogen-bond acceptors (Lipinski definition) is 1. The predicted octanol–water partition coefficient (Wildman–Crippen LogP) is -1.14. The minimum absolute atomic E-state index is 0. The molecule has 0 aromatic heterocycles. The van der Waals surface area contributed by atoms with Crippen molar-refractivity contribution in [1.29, 1.82) is 0 Å². The van der Waals surface area contributed by atoms with Gasteiger partial charge in [-0.25, -0.2) is 0 Å². The molecule has 70 valence electrons. The predicted molar refractivity (Wildman–Crippen MR) is 49.4 cm³/mol. The van der Waals surface area contributed by atoms with E-state index in [9.17, 15) is 0 Å². The number of nitrogens with one attached hydrogen (secondary N) is 1. The van der Waals surface area contributed by atoms with E-state index in [0.29, 0.717) is 0 Å². The van der Waals surface area contributed by atoms with Crippen molar-refractivity contribution in [2.24, 2.45) is 0 Å². The van der Waals surface area contributed by atoms with Crippen molar-refractivity contribution in [1.82, 2.24) is 5.32 Å². The third kappa shape index (κ3) is 1.27. The molecular formula is C11H13ClN-. The van der Waals surface area contributed by atoms with Crippen molar-refractivity contribution in [3.05, 3.63) is 35.4 Å². The first-order chi connectivity index (χ1) is 5.95. The van der Waals surface area contributed by atoms with Gasteiger partial charge >= 0.3 is 0 Å². The fourth-order valence-corrected chi connectivity index (χ4v) is 2.67. The molecule has 1 nitrogen and oxygen atoms in total. The summed E-state index contributed by atoms with van der Waals surface area (Å²) in [6.07, 6.45) is 1.38. The van der Waals surface area contributed by atoms with Gasteiger partial charge in [0.1, 0.15) is 0 Å². The fraction of sp³-hybridized carbons (Fsp3) is 0.455. The van der Waals surface area contributed by atoms with E-state index in [-0.39, 0.29) is 12.4 Å². The average Bonchev–Trinajstić information content (AvgIpc) is 2.41. The number of halogens is 1. The Bertz CT molecular complexity index is 282. The number of piperidine rings is 1. The van der Waals surface area contributed by atoms with Gasteiger partial charge in [0.15, 0.2) is 0 Å². The number of hydrogen-bond donors (Lipinski definition) is 1. The van der Waals surface area contributed by atoms with E-state index < -0.39 is 0 Å². The van der Waals surface area contributed by atoms with Crippen LogP contribution in [0.25, 0.3) is 0 Å². The van der Waals surface area contributed by atoms with E-state index in [2.05, 4.69) is 29.6 Å². The summed E-state index contributed by atoms with van der Waals surface area (Å²) in [6.45, 7) is 2.38. The standard InChI is InChI=1S/C11H13N.ClH/c1-2-4-11-9-5-8(6-12-7-9)10(11)3-1;/h1-4,8-9,12H,5-7H2;1H/p-1. The van der Waals surface area contributed by atoms with Crippen LogP contribution in [0.15, 0.2) is 24.3 Å². The van der Waals surface area contributed by atoms with Crippen LogP contribution < -0.4 is 17.7 Å². The lowest BCUT2D eigenvalue weighted by atomic mass is 9.98. The Kier molecular flexibility index (Phi) is 2.31. The molecule has 0 saturated carbocycles. The molecule has 2 unspecified atom stereocenters. The minimum Gasteiger partial charge on any atom is -1.00 e. The van der Waals surface area contributed by atoms with Gasteiger partial charge < -0.3 is 17.7 Å². The zero-order valence-electron chi connectivity index (χ0n) is 7.46. The Hall–Kier alpha value is -0.530. The van der Waals surface area contributed by atoms with Gasteiger partial charge in [-0.15, -0.1) is 0 Å². The van der Waals surface area contributed by atoms with Crippen LogP contribution in [-0.2, 0) is 0 Å². The molecular weight excluding hydrogens is 182 g/mol. The Morgan fingerprint density at radius 2 is 1.54 bits per heavy atom. The third-order valence-corrected chi connectivity index (χ3v) is 3.23. The molecule has 1 aliphatic carbocycles. The quantitative estimate of drug-likeness (QED) is 0.551. The highest BCUT2D eigenvalue weighted by Gasteiger charge is 2.33. The third-order valence-electron chi connectivity index (χ3n) is 3.23. The molecule has 1 aromatic carbocycles. The van der Waals surface area contributed by atoms with Gasteiger partial charge in [0.25, 0.3) is 0 Å². The van der Waals surface area contributed by atoms with Crippen molar-refractivity contribution in [3.63, 3.8) is 0 Å². The fourth-order valence-electron chi connectivity index (χ4n) is 2.67. The SMILES string of the molecule is [Cl-].c1ccc2c(c1)C1CNCC2C1. The van der Waals surface area contributed by atoms with Crippen molar-refractivity contribution in [2.45, 2.75) is 18.3 Å². The lowest BCUT2D eigenvalue weighted by Crippen LogP contribution is -3.00. The molecule has 1 N–H and O–H groups in total. The Morgan fingerprint density at radius 3 is 2.08 bits per heavy atom. The Labute approximate surface area is 84.9 Å². The van der Waals surface area contributed by atoms with Crippen molar-refractivity contribution < 1.29 is 12.4 Å². The van der Waals surface area contributed by atoms with Crippen LogP contribution in [0.4, 0.5) is 0 Å². The molecule has 2 aliphatic rings. The molecule has 2 bridgehead atoms. The summed E-state index contributed by atoms with van der Waals surface area (Å²) >= 11 is 0. The first-order valence-corrected chi connectivity index (χ1v) is 4.74. The van der Waals surface area contributed by atoms with E-state index in [1.807, 2.05) is 0 Å². The number of benzene rings is 1. The second kappa shape index (κ2) is 3.32. The van der Waals surface area contributed by atoms with Gasteiger partial charge in [-0.2, -0.15) is 0 Å². The van der Waals surface area contributed by atoms with E-state index in [4.69, 9.17) is 0 Å². The van der Waals surface area contributed by atoms with Gasteiger partial charge in [0, 0.05) is 13.1 Å². The summed E-state index contributed by atoms with van der Waals surface area (Å²) in [6, 6.07) is 8.93. The summed E-state index contributed by atoms with van der Waals surface area (Å²) in [5.41, 5.74) is 3.21. The maximum absolute atomic E-state index is 3.49. The van der Waals surface area contributed by atoms with Gasteiger partial charge in [-0.3, -0.25) is 0 Å². The molecule has 1 saturated heterocycles. The van der Waals surface area contributed by atoms with E-state index in [1.54, 1.807) is 11.1 Å². The minimum atomic E-state index is 0. The summed E-state index contributed by atoms with van der Waals surface area (Å²) in [4.78, 5) is 0. The van der Waals surface area contributed by atoms with E-state index in [0.717, 1.165) is 11.8 Å². The lowest BCUT2D eigenvalue weighted by molar-refractivity contribution is -0.00000239. The van der Waals surface area contributed by atoms with Crippen LogP contribution in [0.1, 0.15) is 29.4 Å². The molecule has 1 fully saturated rings. The highest BCUT2D eigenvalue weighted by Crippen LogP contribution is 2.42. The first-order valence-electron chi connectivity index (χ1n) is 4.74. The number of fused-ring (bicyclic) bond motifs is 5. The van der Waals surface area contributed by atoms with Crippen LogP contribution in [0.5, 0.6) is 0 Å². The van der Waals surface area contributed by atoms with Crippen molar-refractivity contribution >= 4 is 0 Å². The molecule has 2 atom stereocenters. The van der Waals surface area contributed by atoms with Crippen molar-refractivity contribution in [3.8, 4) is 0 Å². The summed E-state index contributed by atoms with van der Waals surface area (Å²) in [5.74, 6) is 1.61. The Balaban J connectivity index is 0.000000653. The zero-order chi connectivity index (χ0) is 7.97. The highest BCUT2D eigenvalue weighted by atomic mass is 35.5. The molecule has 0 amide bonds. The molecule has 1 aliphatic heterocycles.